The summed E-state index contributed by atoms with van der Waals surface area (Å²) in [5.41, 5.74) is 1.30. The van der Waals surface area contributed by atoms with Crippen LogP contribution in [0, 0.1) is 0 Å². The monoisotopic (exact) mass is 420 g/mol. The zero-order valence-electron chi connectivity index (χ0n) is 18.8. The first-order chi connectivity index (χ1) is 14.2. The van der Waals surface area contributed by atoms with Crippen molar-refractivity contribution in [3.8, 4) is 0 Å². The van der Waals surface area contributed by atoms with Gasteiger partial charge in [0.1, 0.15) is 5.60 Å². The first-order valence-corrected chi connectivity index (χ1v) is 10.5. The summed E-state index contributed by atoms with van der Waals surface area (Å²) in [7, 11) is 0. The Morgan fingerprint density at radius 3 is 2.37 bits per heavy atom. The molecule has 0 aliphatic rings. The number of aliphatic imine (C=N–C) groups is 1. The summed E-state index contributed by atoms with van der Waals surface area (Å²) < 4.78 is 10.2. The van der Waals surface area contributed by atoms with Crippen molar-refractivity contribution in [3.05, 3.63) is 29.8 Å². The van der Waals surface area contributed by atoms with Gasteiger partial charge >= 0.3 is 12.1 Å². The number of carbonyl (C=O) groups is 2. The highest BCUT2D eigenvalue weighted by molar-refractivity contribution is 5.84. The highest BCUT2D eigenvalue weighted by atomic mass is 16.6. The molecule has 1 rings (SSSR count). The molecule has 0 saturated heterocycles. The van der Waals surface area contributed by atoms with Crippen LogP contribution in [0.3, 0.4) is 0 Å². The molecule has 0 atom stereocenters. The molecule has 1 aromatic rings. The van der Waals surface area contributed by atoms with E-state index in [0.29, 0.717) is 38.2 Å². The molecule has 3 N–H and O–H groups in total. The van der Waals surface area contributed by atoms with Crippen molar-refractivity contribution in [1.82, 2.24) is 10.6 Å². The van der Waals surface area contributed by atoms with Crippen molar-refractivity contribution in [1.29, 1.82) is 0 Å². The quantitative estimate of drug-likeness (QED) is 0.232. The summed E-state index contributed by atoms with van der Waals surface area (Å²) >= 11 is 0. The second kappa shape index (κ2) is 13.5. The van der Waals surface area contributed by atoms with Crippen LogP contribution in [0.5, 0.6) is 0 Å². The number of carbonyl (C=O) groups excluding carboxylic acids is 2. The molecule has 0 fully saturated rings. The SMILES string of the molecule is CCNC(=NCCCC(=O)OCC)NCCc1ccc(NC(=O)OC(C)(C)C)cc1. The van der Waals surface area contributed by atoms with Crippen molar-refractivity contribution in [2.45, 2.75) is 59.5 Å². The molecule has 0 aliphatic carbocycles. The van der Waals surface area contributed by atoms with Gasteiger partial charge in [-0.25, -0.2) is 4.79 Å². The number of rotatable bonds is 10. The Kier molecular flexibility index (Phi) is 11.3. The van der Waals surface area contributed by atoms with E-state index >= 15 is 0 Å². The molecule has 1 aromatic carbocycles. The van der Waals surface area contributed by atoms with Crippen molar-refractivity contribution in [2.75, 3.05) is 31.6 Å². The van der Waals surface area contributed by atoms with Gasteiger partial charge in [-0.3, -0.25) is 15.1 Å². The van der Waals surface area contributed by atoms with Crippen LogP contribution in [0.15, 0.2) is 29.3 Å². The fourth-order valence-corrected chi connectivity index (χ4v) is 2.49. The number of benzene rings is 1. The molecule has 8 heteroatoms. The Labute approximate surface area is 179 Å². The van der Waals surface area contributed by atoms with Gasteiger partial charge in [0.15, 0.2) is 5.96 Å². The van der Waals surface area contributed by atoms with E-state index in [-0.39, 0.29) is 5.97 Å². The lowest BCUT2D eigenvalue weighted by molar-refractivity contribution is -0.143. The molecule has 1 amide bonds. The number of hydrogen-bond donors (Lipinski definition) is 3. The lowest BCUT2D eigenvalue weighted by Gasteiger charge is -2.19. The molecule has 0 aromatic heterocycles. The fraction of sp³-hybridized carbons (Fsp3) is 0.591. The average Bonchev–Trinajstić information content (AvgIpc) is 2.65. The summed E-state index contributed by atoms with van der Waals surface area (Å²) in [6.45, 7) is 11.7. The molecule has 0 saturated carbocycles. The number of guanidine groups is 1. The molecule has 0 aliphatic heterocycles. The van der Waals surface area contributed by atoms with Crippen LogP contribution in [0.25, 0.3) is 0 Å². The van der Waals surface area contributed by atoms with Crippen LogP contribution in [-0.4, -0.2) is 49.9 Å². The third-order valence-electron chi connectivity index (χ3n) is 3.76. The van der Waals surface area contributed by atoms with Crippen molar-refractivity contribution in [3.63, 3.8) is 0 Å². The number of hydrogen-bond acceptors (Lipinski definition) is 5. The topological polar surface area (TPSA) is 101 Å². The van der Waals surface area contributed by atoms with Crippen molar-refractivity contribution < 1.29 is 19.1 Å². The Morgan fingerprint density at radius 1 is 1.07 bits per heavy atom. The van der Waals surface area contributed by atoms with E-state index < -0.39 is 11.7 Å². The van der Waals surface area contributed by atoms with Gasteiger partial charge in [0.05, 0.1) is 6.61 Å². The summed E-state index contributed by atoms with van der Waals surface area (Å²) in [4.78, 5) is 27.6. The average molecular weight is 421 g/mol. The summed E-state index contributed by atoms with van der Waals surface area (Å²) in [6.07, 6.45) is 1.37. The number of nitrogens with one attached hydrogen (secondary N) is 3. The number of nitrogens with zero attached hydrogens (tertiary/aromatic N) is 1. The first kappa shape index (κ1) is 25.3. The Hall–Kier alpha value is -2.77. The summed E-state index contributed by atoms with van der Waals surface area (Å²) in [5, 5.41) is 9.20. The van der Waals surface area contributed by atoms with Gasteiger partial charge in [0.2, 0.25) is 0 Å². The van der Waals surface area contributed by atoms with Crippen LogP contribution < -0.4 is 16.0 Å². The maximum absolute atomic E-state index is 11.8. The van der Waals surface area contributed by atoms with E-state index in [1.807, 2.05) is 52.0 Å². The maximum atomic E-state index is 11.8. The smallest absolute Gasteiger partial charge is 0.412 e. The van der Waals surface area contributed by atoms with E-state index in [1.165, 1.54) is 0 Å². The molecule has 168 valence electrons. The predicted molar refractivity (Wildman–Crippen MR) is 120 cm³/mol. The predicted octanol–water partition coefficient (Wildman–Crippen LogP) is 3.47. The zero-order chi connectivity index (χ0) is 22.4. The highest BCUT2D eigenvalue weighted by Crippen LogP contribution is 2.13. The molecular formula is C22H36N4O4. The van der Waals surface area contributed by atoms with Crippen molar-refractivity contribution >= 4 is 23.7 Å². The molecular weight excluding hydrogens is 384 g/mol. The van der Waals surface area contributed by atoms with E-state index in [9.17, 15) is 9.59 Å². The van der Waals surface area contributed by atoms with Gasteiger partial charge in [0.25, 0.3) is 0 Å². The second-order valence-electron chi connectivity index (χ2n) is 7.67. The lowest BCUT2D eigenvalue weighted by atomic mass is 10.1. The third kappa shape index (κ3) is 11.9. The van der Waals surface area contributed by atoms with Gasteiger partial charge in [-0.05, 0) is 65.2 Å². The Morgan fingerprint density at radius 2 is 1.77 bits per heavy atom. The summed E-state index contributed by atoms with van der Waals surface area (Å²) in [5.74, 6) is 0.542. The minimum absolute atomic E-state index is 0.185. The number of anilines is 1. The van der Waals surface area contributed by atoms with E-state index in [0.717, 1.165) is 24.5 Å². The van der Waals surface area contributed by atoms with Crippen LogP contribution in [0.4, 0.5) is 10.5 Å². The number of amides is 1. The molecule has 0 bridgehead atoms. The normalized spacial score (nSPS) is 11.6. The largest absolute Gasteiger partial charge is 0.466 e. The molecule has 30 heavy (non-hydrogen) atoms. The Bertz CT molecular complexity index is 681. The molecule has 0 radical (unpaired) electrons. The first-order valence-electron chi connectivity index (χ1n) is 10.5. The van der Waals surface area contributed by atoms with Crippen molar-refractivity contribution in [2.24, 2.45) is 4.99 Å². The molecule has 0 unspecified atom stereocenters. The van der Waals surface area contributed by atoms with Crippen LogP contribution in [-0.2, 0) is 20.7 Å². The maximum Gasteiger partial charge on any atom is 0.412 e. The van der Waals surface area contributed by atoms with E-state index in [4.69, 9.17) is 9.47 Å². The molecule has 0 spiro atoms. The molecule has 0 heterocycles. The van der Waals surface area contributed by atoms with Crippen LogP contribution in [0.2, 0.25) is 0 Å². The highest BCUT2D eigenvalue weighted by Gasteiger charge is 2.16. The van der Waals surface area contributed by atoms with Gasteiger partial charge in [-0.15, -0.1) is 0 Å². The minimum Gasteiger partial charge on any atom is -0.466 e. The molecule has 8 nitrogen and oxygen atoms in total. The van der Waals surface area contributed by atoms with E-state index in [1.54, 1.807) is 6.92 Å². The number of ether oxygens (including phenoxy) is 2. The lowest BCUT2D eigenvalue weighted by Crippen LogP contribution is -2.38. The minimum atomic E-state index is -0.527. The Balaban J connectivity index is 2.41. The van der Waals surface area contributed by atoms with E-state index in [2.05, 4.69) is 20.9 Å². The van der Waals surface area contributed by atoms with Gasteiger partial charge in [-0.2, -0.15) is 0 Å². The summed E-state index contributed by atoms with van der Waals surface area (Å²) in [6, 6.07) is 7.65. The van der Waals surface area contributed by atoms with Gasteiger partial charge in [0, 0.05) is 31.7 Å². The second-order valence-corrected chi connectivity index (χ2v) is 7.67. The number of esters is 1. The van der Waals surface area contributed by atoms with Crippen LogP contribution in [0.1, 0.15) is 53.0 Å². The fourth-order valence-electron chi connectivity index (χ4n) is 2.49. The van der Waals surface area contributed by atoms with Crippen LogP contribution >= 0.6 is 0 Å². The van der Waals surface area contributed by atoms with Gasteiger partial charge in [-0.1, -0.05) is 12.1 Å². The standard InChI is InChI=1S/C22H36N4O4/c1-6-23-20(24-15-8-9-19(27)29-7-2)25-16-14-17-10-12-18(13-11-17)26-21(28)30-22(3,4)5/h10-13H,6-9,14-16H2,1-5H3,(H,26,28)(H2,23,24,25). The van der Waals surface area contributed by atoms with Gasteiger partial charge < -0.3 is 20.1 Å². The third-order valence-corrected chi connectivity index (χ3v) is 3.76. The zero-order valence-corrected chi connectivity index (χ0v) is 18.8.